The van der Waals surface area contributed by atoms with Crippen LogP contribution in [-0.4, -0.2) is 57.6 Å². The monoisotopic (exact) mass is 427 g/mol. The zero-order valence-corrected chi connectivity index (χ0v) is 18.7. The van der Waals surface area contributed by atoms with E-state index in [1.165, 1.54) is 0 Å². The molecule has 0 unspecified atom stereocenters. The number of hydrogen-bond acceptors (Lipinski definition) is 5. The van der Waals surface area contributed by atoms with Crippen LogP contribution in [0.2, 0.25) is 0 Å². The van der Waals surface area contributed by atoms with Gasteiger partial charge in [0.2, 0.25) is 0 Å². The topological polar surface area (TPSA) is 62.7 Å². The summed E-state index contributed by atoms with van der Waals surface area (Å²) < 4.78 is 5.49. The van der Waals surface area contributed by atoms with Crippen LogP contribution in [0.4, 0.5) is 4.79 Å². The lowest BCUT2D eigenvalue weighted by molar-refractivity contribution is 0.0142. The molecule has 30 heavy (non-hydrogen) atoms. The molecule has 1 aliphatic heterocycles. The Morgan fingerprint density at radius 3 is 2.23 bits per heavy atom. The van der Waals surface area contributed by atoms with Gasteiger partial charge in [-0.25, -0.2) is 4.79 Å². The fourth-order valence-electron chi connectivity index (χ4n) is 3.92. The minimum atomic E-state index is -0.491. The van der Waals surface area contributed by atoms with Crippen LogP contribution in [0.3, 0.4) is 0 Å². The smallest absolute Gasteiger partial charge is 0.410 e. The molecule has 1 aliphatic carbocycles. The number of piperidine rings is 1. The molecule has 2 amide bonds. The SMILES string of the molecule is CC(C)(C)OC(=O)N1CCC(N(C(=O)c2ccc(-c3cncs3)cc2)C2CC2)CC1. The summed E-state index contributed by atoms with van der Waals surface area (Å²) in [5.41, 5.74) is 3.13. The second-order valence-electron chi connectivity index (χ2n) is 9.09. The number of likely N-dealkylation sites (tertiary alicyclic amines) is 1. The molecule has 2 aliphatic rings. The molecule has 160 valence electrons. The third kappa shape index (κ3) is 4.83. The van der Waals surface area contributed by atoms with Crippen molar-refractivity contribution in [2.45, 2.75) is 64.1 Å². The van der Waals surface area contributed by atoms with E-state index in [4.69, 9.17) is 4.74 Å². The maximum absolute atomic E-state index is 13.3. The standard InChI is InChI=1S/C23H29N3O3S/c1-23(2,3)29-22(28)25-12-10-19(11-13-25)26(18-8-9-18)21(27)17-6-4-16(5-7-17)20-14-24-15-30-20/h4-7,14-15,18-19H,8-13H2,1-3H3. The fourth-order valence-corrected chi connectivity index (χ4v) is 4.55. The molecule has 4 rings (SSSR count). The molecule has 0 bridgehead atoms. The summed E-state index contributed by atoms with van der Waals surface area (Å²) >= 11 is 1.59. The summed E-state index contributed by atoms with van der Waals surface area (Å²) in [6, 6.07) is 8.33. The lowest BCUT2D eigenvalue weighted by Gasteiger charge is -2.39. The maximum Gasteiger partial charge on any atom is 0.410 e. The molecular formula is C23H29N3O3S. The van der Waals surface area contributed by atoms with Crippen molar-refractivity contribution in [1.29, 1.82) is 0 Å². The Bertz CT molecular complexity index is 877. The zero-order chi connectivity index (χ0) is 21.3. The van der Waals surface area contributed by atoms with E-state index in [9.17, 15) is 9.59 Å². The highest BCUT2D eigenvalue weighted by atomic mass is 32.1. The molecule has 6 nitrogen and oxygen atoms in total. The molecule has 1 aromatic carbocycles. The Morgan fingerprint density at radius 1 is 1.07 bits per heavy atom. The highest BCUT2D eigenvalue weighted by molar-refractivity contribution is 7.13. The highest BCUT2D eigenvalue weighted by Gasteiger charge is 2.39. The van der Waals surface area contributed by atoms with Crippen molar-refractivity contribution in [3.63, 3.8) is 0 Å². The molecule has 1 saturated carbocycles. The third-order valence-electron chi connectivity index (χ3n) is 5.53. The van der Waals surface area contributed by atoms with Gasteiger partial charge in [-0.3, -0.25) is 9.78 Å². The predicted octanol–water partition coefficient (Wildman–Crippen LogP) is 4.81. The average Bonchev–Trinajstić information content (AvgIpc) is 3.39. The molecule has 0 radical (unpaired) electrons. The van der Waals surface area contributed by atoms with Gasteiger partial charge in [0.15, 0.2) is 0 Å². The van der Waals surface area contributed by atoms with Crippen LogP contribution >= 0.6 is 11.3 Å². The molecule has 7 heteroatoms. The van der Waals surface area contributed by atoms with Gasteiger partial charge in [0.05, 0.1) is 10.4 Å². The average molecular weight is 428 g/mol. The molecule has 2 heterocycles. The molecular weight excluding hydrogens is 398 g/mol. The Morgan fingerprint density at radius 2 is 1.70 bits per heavy atom. The summed E-state index contributed by atoms with van der Waals surface area (Å²) in [6.07, 6.45) is 5.30. The van der Waals surface area contributed by atoms with Crippen molar-refractivity contribution in [2.75, 3.05) is 13.1 Å². The van der Waals surface area contributed by atoms with Gasteiger partial charge in [-0.2, -0.15) is 0 Å². The van der Waals surface area contributed by atoms with E-state index in [0.29, 0.717) is 19.1 Å². The number of carbonyl (C=O) groups is 2. The lowest BCUT2D eigenvalue weighted by atomic mass is 10.0. The van der Waals surface area contributed by atoms with Gasteiger partial charge in [-0.15, -0.1) is 11.3 Å². The number of nitrogens with zero attached hydrogens (tertiary/aromatic N) is 3. The second-order valence-corrected chi connectivity index (χ2v) is 9.97. The first-order chi connectivity index (χ1) is 14.3. The molecule has 1 aromatic heterocycles. The first kappa shape index (κ1) is 20.8. The first-order valence-corrected chi connectivity index (χ1v) is 11.5. The van der Waals surface area contributed by atoms with E-state index in [2.05, 4.69) is 9.88 Å². The number of hydrogen-bond donors (Lipinski definition) is 0. The minimum absolute atomic E-state index is 0.101. The van der Waals surface area contributed by atoms with Crippen LogP contribution in [0.5, 0.6) is 0 Å². The van der Waals surface area contributed by atoms with Gasteiger partial charge < -0.3 is 14.5 Å². The van der Waals surface area contributed by atoms with Gasteiger partial charge in [-0.1, -0.05) is 12.1 Å². The molecule has 2 fully saturated rings. The van der Waals surface area contributed by atoms with Crippen LogP contribution in [0.15, 0.2) is 36.0 Å². The van der Waals surface area contributed by atoms with E-state index < -0.39 is 5.60 Å². The Hall–Kier alpha value is -2.41. The number of benzene rings is 1. The van der Waals surface area contributed by atoms with Gasteiger partial charge in [0.25, 0.3) is 5.91 Å². The first-order valence-electron chi connectivity index (χ1n) is 10.6. The van der Waals surface area contributed by atoms with E-state index in [-0.39, 0.29) is 18.0 Å². The van der Waals surface area contributed by atoms with Crippen LogP contribution in [0.1, 0.15) is 56.8 Å². The number of carbonyl (C=O) groups excluding carboxylic acids is 2. The quantitative estimate of drug-likeness (QED) is 0.702. The predicted molar refractivity (Wildman–Crippen MR) is 118 cm³/mol. The molecule has 2 aromatic rings. The third-order valence-corrected chi connectivity index (χ3v) is 6.36. The van der Waals surface area contributed by atoms with Gasteiger partial charge >= 0.3 is 6.09 Å². The van der Waals surface area contributed by atoms with Crippen LogP contribution in [0.25, 0.3) is 10.4 Å². The number of aromatic nitrogens is 1. The lowest BCUT2D eigenvalue weighted by Crippen LogP contribution is -2.50. The molecule has 0 N–H and O–H groups in total. The number of amides is 2. The van der Waals surface area contributed by atoms with Gasteiger partial charge in [-0.05, 0) is 64.2 Å². The van der Waals surface area contributed by atoms with Gasteiger partial charge in [0.1, 0.15) is 5.60 Å². The number of ether oxygens (including phenoxy) is 1. The van der Waals surface area contributed by atoms with Gasteiger partial charge in [0, 0.05) is 36.9 Å². The summed E-state index contributed by atoms with van der Waals surface area (Å²) in [4.78, 5) is 34.7. The van der Waals surface area contributed by atoms with Crippen molar-refractivity contribution in [3.05, 3.63) is 41.5 Å². The molecule has 1 saturated heterocycles. The van der Waals surface area contributed by atoms with Crippen molar-refractivity contribution >= 4 is 23.3 Å². The highest BCUT2D eigenvalue weighted by Crippen LogP contribution is 2.34. The van der Waals surface area contributed by atoms with E-state index in [1.54, 1.807) is 16.2 Å². The molecule has 0 spiro atoms. The summed E-state index contributed by atoms with van der Waals surface area (Å²) in [7, 11) is 0. The fraction of sp³-hybridized carbons (Fsp3) is 0.522. The summed E-state index contributed by atoms with van der Waals surface area (Å²) in [5, 5.41) is 0. The van der Waals surface area contributed by atoms with Crippen LogP contribution in [-0.2, 0) is 4.74 Å². The van der Waals surface area contributed by atoms with Crippen molar-refractivity contribution < 1.29 is 14.3 Å². The van der Waals surface area contributed by atoms with E-state index in [1.807, 2.05) is 56.7 Å². The zero-order valence-electron chi connectivity index (χ0n) is 17.8. The van der Waals surface area contributed by atoms with Crippen LogP contribution < -0.4 is 0 Å². The van der Waals surface area contributed by atoms with Crippen molar-refractivity contribution in [1.82, 2.24) is 14.8 Å². The normalized spacial score (nSPS) is 17.6. The summed E-state index contributed by atoms with van der Waals surface area (Å²) in [6.45, 7) is 6.89. The van der Waals surface area contributed by atoms with Crippen molar-refractivity contribution in [2.24, 2.45) is 0 Å². The van der Waals surface area contributed by atoms with E-state index >= 15 is 0 Å². The Kier molecular flexibility index (Phi) is 5.82. The number of rotatable bonds is 4. The summed E-state index contributed by atoms with van der Waals surface area (Å²) in [5.74, 6) is 0.101. The van der Waals surface area contributed by atoms with E-state index in [0.717, 1.165) is 41.7 Å². The maximum atomic E-state index is 13.3. The Balaban J connectivity index is 1.41. The largest absolute Gasteiger partial charge is 0.444 e. The van der Waals surface area contributed by atoms with Crippen molar-refractivity contribution in [3.8, 4) is 10.4 Å². The minimum Gasteiger partial charge on any atom is -0.444 e. The second kappa shape index (κ2) is 8.38. The van der Waals surface area contributed by atoms with Crippen LogP contribution in [0, 0.1) is 0 Å². The number of thiazole rings is 1. The Labute approximate surface area is 181 Å². The molecule has 0 atom stereocenters.